The van der Waals surface area contributed by atoms with Crippen molar-refractivity contribution in [3.8, 4) is 0 Å². The monoisotopic (exact) mass is 365 g/mol. The van der Waals surface area contributed by atoms with Crippen LogP contribution in [-0.4, -0.2) is 48.5 Å². The summed E-state index contributed by atoms with van der Waals surface area (Å²) in [4.78, 5) is 15.9. The predicted molar refractivity (Wildman–Crippen MR) is 97.3 cm³/mol. The summed E-state index contributed by atoms with van der Waals surface area (Å²) >= 11 is 1.69. The van der Waals surface area contributed by atoms with Gasteiger partial charge in [-0.1, -0.05) is 6.07 Å². The van der Waals surface area contributed by atoms with Crippen LogP contribution in [0, 0.1) is 5.92 Å². The van der Waals surface area contributed by atoms with E-state index < -0.39 is 6.29 Å². The molecule has 1 aromatic rings. The van der Waals surface area contributed by atoms with Crippen LogP contribution in [0.4, 0.5) is 0 Å². The summed E-state index contributed by atoms with van der Waals surface area (Å²) < 4.78 is 11.9. The maximum atomic E-state index is 12.8. The van der Waals surface area contributed by atoms with Gasteiger partial charge >= 0.3 is 0 Å². The highest BCUT2D eigenvalue weighted by Crippen LogP contribution is 2.41. The molecule has 0 aromatic carbocycles. The Labute approximate surface area is 153 Å². The molecule has 1 saturated heterocycles. The minimum absolute atomic E-state index is 0.0237. The molecule has 0 radical (unpaired) electrons. The number of hydrogen-bond donors (Lipinski definition) is 1. The lowest BCUT2D eigenvalue weighted by Crippen LogP contribution is -2.39. The third-order valence-corrected chi connectivity index (χ3v) is 5.86. The zero-order valence-corrected chi connectivity index (χ0v) is 15.5. The fourth-order valence-corrected chi connectivity index (χ4v) is 4.52. The molecular formula is C19H27NO4S. The predicted octanol–water partition coefficient (Wildman–Crippen LogP) is 3.12. The minimum atomic E-state index is -0.449. The summed E-state index contributed by atoms with van der Waals surface area (Å²) in [6, 6.07) is 4.13. The van der Waals surface area contributed by atoms with Crippen molar-refractivity contribution >= 4 is 17.2 Å². The van der Waals surface area contributed by atoms with Crippen molar-refractivity contribution < 1.29 is 19.4 Å². The first-order valence-electron chi connectivity index (χ1n) is 9.18. The van der Waals surface area contributed by atoms with E-state index in [1.165, 1.54) is 4.88 Å². The molecule has 6 heteroatoms. The van der Waals surface area contributed by atoms with Gasteiger partial charge in [0.2, 0.25) is 6.29 Å². The average Bonchev–Trinajstić information content (AvgIpc) is 3.33. The molecule has 3 atom stereocenters. The summed E-state index contributed by atoms with van der Waals surface area (Å²) in [5.74, 6) is 0.572. The first-order chi connectivity index (χ1) is 12.2. The molecule has 1 fully saturated rings. The van der Waals surface area contributed by atoms with Crippen molar-refractivity contribution in [1.29, 1.82) is 0 Å². The Morgan fingerprint density at radius 2 is 2.24 bits per heavy atom. The van der Waals surface area contributed by atoms with Crippen molar-refractivity contribution in [3.63, 3.8) is 0 Å². The number of amides is 1. The SMILES string of the molecule is CCO[C@@H]1OC(C(=O)N2CCCC2)=C[C@H](c2cccs2)[C@@H]1CCCO. The Morgan fingerprint density at radius 1 is 1.44 bits per heavy atom. The lowest BCUT2D eigenvalue weighted by Gasteiger charge is -2.37. The molecule has 0 bridgehead atoms. The molecule has 3 rings (SSSR count). The van der Waals surface area contributed by atoms with Crippen LogP contribution >= 0.6 is 11.3 Å². The number of hydrogen-bond acceptors (Lipinski definition) is 5. The molecule has 0 unspecified atom stereocenters. The topological polar surface area (TPSA) is 59.0 Å². The summed E-state index contributed by atoms with van der Waals surface area (Å²) in [5, 5.41) is 11.3. The number of rotatable bonds is 7. The van der Waals surface area contributed by atoms with E-state index in [4.69, 9.17) is 9.47 Å². The molecule has 3 heterocycles. The third kappa shape index (κ3) is 4.25. The van der Waals surface area contributed by atoms with Crippen molar-refractivity contribution in [1.82, 2.24) is 4.90 Å². The molecule has 0 aliphatic carbocycles. The smallest absolute Gasteiger partial charge is 0.288 e. The number of aliphatic hydroxyl groups is 1. The second-order valence-corrected chi connectivity index (χ2v) is 7.52. The Kier molecular flexibility index (Phi) is 6.51. The number of aliphatic hydroxyl groups excluding tert-OH is 1. The largest absolute Gasteiger partial charge is 0.459 e. The summed E-state index contributed by atoms with van der Waals surface area (Å²) in [6.45, 7) is 4.22. The van der Waals surface area contributed by atoms with Crippen LogP contribution in [0.15, 0.2) is 29.3 Å². The van der Waals surface area contributed by atoms with Gasteiger partial charge in [0.15, 0.2) is 5.76 Å². The highest BCUT2D eigenvalue weighted by molar-refractivity contribution is 7.10. The Balaban J connectivity index is 1.88. The molecule has 0 saturated carbocycles. The molecule has 2 aliphatic heterocycles. The van der Waals surface area contributed by atoms with E-state index in [2.05, 4.69) is 11.4 Å². The Morgan fingerprint density at radius 3 is 2.88 bits per heavy atom. The summed E-state index contributed by atoms with van der Waals surface area (Å²) in [7, 11) is 0. The van der Waals surface area contributed by atoms with Crippen molar-refractivity contribution in [3.05, 3.63) is 34.2 Å². The molecule has 138 valence electrons. The van der Waals surface area contributed by atoms with Gasteiger partial charge in [0.25, 0.3) is 5.91 Å². The molecular weight excluding hydrogens is 338 g/mol. The van der Waals surface area contributed by atoms with Gasteiger partial charge in [-0.15, -0.1) is 11.3 Å². The Bertz CT molecular complexity index is 580. The number of allylic oxidation sites excluding steroid dienone is 1. The standard InChI is InChI=1S/C19H27NO4S/c1-2-23-19-14(7-5-11-21)15(17-8-6-12-25-17)13-16(24-19)18(22)20-9-3-4-10-20/h6,8,12-15,19,21H,2-5,7,9-11H2,1H3/t14-,15-,19+/m0/s1. The van der Waals surface area contributed by atoms with E-state index in [1.54, 1.807) is 11.3 Å². The number of ether oxygens (including phenoxy) is 2. The molecule has 2 aliphatic rings. The lowest BCUT2D eigenvalue weighted by atomic mass is 9.84. The highest BCUT2D eigenvalue weighted by Gasteiger charge is 2.39. The summed E-state index contributed by atoms with van der Waals surface area (Å²) in [5.41, 5.74) is 0. The Hall–Kier alpha value is -1.37. The van der Waals surface area contributed by atoms with E-state index in [1.807, 2.05) is 24.0 Å². The first kappa shape index (κ1) is 18.4. The highest BCUT2D eigenvalue weighted by atomic mass is 32.1. The minimum Gasteiger partial charge on any atom is -0.459 e. The lowest BCUT2D eigenvalue weighted by molar-refractivity contribution is -0.169. The van der Waals surface area contributed by atoms with Crippen LogP contribution in [0.25, 0.3) is 0 Å². The fraction of sp³-hybridized carbons (Fsp3) is 0.632. The molecule has 25 heavy (non-hydrogen) atoms. The second-order valence-electron chi connectivity index (χ2n) is 6.54. The van der Waals surface area contributed by atoms with E-state index in [9.17, 15) is 9.90 Å². The zero-order valence-electron chi connectivity index (χ0n) is 14.7. The zero-order chi connectivity index (χ0) is 17.6. The average molecular weight is 365 g/mol. The number of thiophene rings is 1. The van der Waals surface area contributed by atoms with Crippen LogP contribution < -0.4 is 0 Å². The van der Waals surface area contributed by atoms with Crippen LogP contribution in [0.5, 0.6) is 0 Å². The van der Waals surface area contributed by atoms with Gasteiger partial charge < -0.3 is 19.5 Å². The third-order valence-electron chi connectivity index (χ3n) is 4.89. The van der Waals surface area contributed by atoms with Crippen molar-refractivity contribution in [2.75, 3.05) is 26.3 Å². The van der Waals surface area contributed by atoms with Crippen LogP contribution in [-0.2, 0) is 14.3 Å². The number of carbonyl (C=O) groups is 1. The van der Waals surface area contributed by atoms with Gasteiger partial charge in [0.05, 0.1) is 0 Å². The molecule has 0 spiro atoms. The van der Waals surface area contributed by atoms with Crippen LogP contribution in [0.3, 0.4) is 0 Å². The van der Waals surface area contributed by atoms with Gasteiger partial charge in [-0.2, -0.15) is 0 Å². The van der Waals surface area contributed by atoms with Crippen LogP contribution in [0.1, 0.15) is 43.4 Å². The van der Waals surface area contributed by atoms with Crippen molar-refractivity contribution in [2.45, 2.75) is 44.8 Å². The second kappa shape index (κ2) is 8.83. The normalized spacial score (nSPS) is 26.4. The summed E-state index contributed by atoms with van der Waals surface area (Å²) in [6.07, 6.45) is 5.14. The van der Waals surface area contributed by atoms with Gasteiger partial charge in [0, 0.05) is 43.0 Å². The maximum Gasteiger partial charge on any atom is 0.288 e. The number of nitrogens with zero attached hydrogens (tertiary/aromatic N) is 1. The van der Waals surface area contributed by atoms with E-state index >= 15 is 0 Å². The van der Waals surface area contributed by atoms with E-state index in [0.29, 0.717) is 18.8 Å². The quantitative estimate of drug-likeness (QED) is 0.807. The van der Waals surface area contributed by atoms with E-state index in [0.717, 1.165) is 32.4 Å². The molecule has 5 nitrogen and oxygen atoms in total. The van der Waals surface area contributed by atoms with Crippen molar-refractivity contribution in [2.24, 2.45) is 5.92 Å². The molecule has 1 aromatic heterocycles. The van der Waals surface area contributed by atoms with Gasteiger partial charge in [-0.05, 0) is 50.1 Å². The fourth-order valence-electron chi connectivity index (χ4n) is 3.64. The van der Waals surface area contributed by atoms with Crippen LogP contribution in [0.2, 0.25) is 0 Å². The van der Waals surface area contributed by atoms with Gasteiger partial charge in [-0.25, -0.2) is 0 Å². The molecule has 1 N–H and O–H groups in total. The first-order valence-corrected chi connectivity index (χ1v) is 10.1. The molecule has 1 amide bonds. The maximum absolute atomic E-state index is 12.8. The number of likely N-dealkylation sites (tertiary alicyclic amines) is 1. The van der Waals surface area contributed by atoms with Gasteiger partial charge in [0.1, 0.15) is 0 Å². The van der Waals surface area contributed by atoms with E-state index in [-0.39, 0.29) is 24.3 Å². The number of carbonyl (C=O) groups excluding carboxylic acids is 1. The van der Waals surface area contributed by atoms with Gasteiger partial charge in [-0.3, -0.25) is 4.79 Å².